The Kier molecular flexibility index (Phi) is 8.38. The number of carbonyl (C=O) groups is 4. The molecule has 246 valence electrons. The van der Waals surface area contributed by atoms with Gasteiger partial charge in [-0.05, 0) is 75.9 Å². The van der Waals surface area contributed by atoms with Crippen LogP contribution in [-0.4, -0.2) is 69.5 Å². The van der Waals surface area contributed by atoms with Crippen LogP contribution in [0.2, 0.25) is 0 Å². The monoisotopic (exact) mass is 642 g/mol. The van der Waals surface area contributed by atoms with Gasteiger partial charge in [0.2, 0.25) is 0 Å². The highest BCUT2D eigenvalue weighted by Gasteiger charge is 2.80. The van der Waals surface area contributed by atoms with Crippen molar-refractivity contribution in [1.82, 2.24) is 9.97 Å². The standard InChI is InChI=1S/C36H38N2O9/c1-21-17-27(44-32(41)24-13-9-15-37-19-24)30(43-22(2)39)35(5)28(45-31(40)23-11-7-6-8-12-23)18-26-29(36(21,35)47-34(26,3)4)46-33(42)25-14-10-16-38-20-25/h6-16,19-21,26-30H,17-18H2,1-5H3. The molecule has 1 aliphatic heterocycles. The number of fused-ring (bicyclic) bond motifs is 1. The molecule has 8 unspecified atom stereocenters. The fourth-order valence-electron chi connectivity index (χ4n) is 8.09. The van der Waals surface area contributed by atoms with Crippen LogP contribution in [0.4, 0.5) is 0 Å². The van der Waals surface area contributed by atoms with Crippen molar-refractivity contribution >= 4 is 23.9 Å². The van der Waals surface area contributed by atoms with Crippen LogP contribution < -0.4 is 0 Å². The largest absolute Gasteiger partial charge is 0.458 e. The van der Waals surface area contributed by atoms with Gasteiger partial charge in [-0.25, -0.2) is 14.4 Å². The fraction of sp³-hybridized carbons (Fsp3) is 0.444. The van der Waals surface area contributed by atoms with E-state index in [0.29, 0.717) is 5.56 Å². The number of carbonyl (C=O) groups excluding carboxylic acids is 4. The summed E-state index contributed by atoms with van der Waals surface area (Å²) >= 11 is 0. The number of hydrogen-bond donors (Lipinski definition) is 0. The number of hydrogen-bond acceptors (Lipinski definition) is 11. The third kappa shape index (κ3) is 5.46. The van der Waals surface area contributed by atoms with Gasteiger partial charge in [-0.1, -0.05) is 25.1 Å². The second-order valence-corrected chi connectivity index (χ2v) is 13.3. The third-order valence-electron chi connectivity index (χ3n) is 10.2. The van der Waals surface area contributed by atoms with Crippen molar-refractivity contribution in [3.63, 3.8) is 0 Å². The van der Waals surface area contributed by atoms with E-state index in [1.165, 1.54) is 19.3 Å². The van der Waals surface area contributed by atoms with Crippen molar-refractivity contribution < 1.29 is 42.9 Å². The summed E-state index contributed by atoms with van der Waals surface area (Å²) in [5.41, 5.74) is -2.73. The molecular weight excluding hydrogens is 604 g/mol. The summed E-state index contributed by atoms with van der Waals surface area (Å²) in [4.78, 5) is 61.6. The van der Waals surface area contributed by atoms with Crippen molar-refractivity contribution in [3.8, 4) is 0 Å². The Bertz CT molecular complexity index is 1650. The van der Waals surface area contributed by atoms with Crippen molar-refractivity contribution in [2.75, 3.05) is 0 Å². The van der Waals surface area contributed by atoms with Gasteiger partial charge in [0.05, 0.1) is 27.7 Å². The lowest BCUT2D eigenvalue weighted by molar-refractivity contribution is -0.300. The second-order valence-electron chi connectivity index (χ2n) is 13.3. The topological polar surface area (TPSA) is 140 Å². The van der Waals surface area contributed by atoms with Crippen LogP contribution in [0.15, 0.2) is 79.4 Å². The highest BCUT2D eigenvalue weighted by atomic mass is 16.6. The number of rotatable bonds is 7. The van der Waals surface area contributed by atoms with Gasteiger partial charge in [-0.15, -0.1) is 0 Å². The SMILES string of the molecule is CC(=O)OC1C(OC(=O)c2cccnc2)CC(C)C23OC(C)(C)C(CC(OC(=O)c4ccccc4)C12C)C3OC(=O)c1cccnc1. The van der Waals surface area contributed by atoms with Crippen LogP contribution in [0.5, 0.6) is 0 Å². The first kappa shape index (κ1) is 32.3. The Hall–Kier alpha value is -4.64. The first-order chi connectivity index (χ1) is 22.4. The van der Waals surface area contributed by atoms with E-state index in [9.17, 15) is 19.2 Å². The molecule has 6 rings (SSSR count). The van der Waals surface area contributed by atoms with E-state index in [1.54, 1.807) is 67.0 Å². The molecule has 3 heterocycles. The molecule has 2 saturated carbocycles. The van der Waals surface area contributed by atoms with Crippen molar-refractivity contribution in [2.24, 2.45) is 17.3 Å². The minimum Gasteiger partial charge on any atom is -0.458 e. The summed E-state index contributed by atoms with van der Waals surface area (Å²) in [6, 6.07) is 15.1. The van der Waals surface area contributed by atoms with Gasteiger partial charge in [-0.2, -0.15) is 0 Å². The molecule has 11 nitrogen and oxygen atoms in total. The summed E-state index contributed by atoms with van der Waals surface area (Å²) in [5, 5.41) is 0. The van der Waals surface area contributed by atoms with Crippen molar-refractivity contribution in [1.29, 1.82) is 0 Å². The zero-order valence-electron chi connectivity index (χ0n) is 27.0. The van der Waals surface area contributed by atoms with E-state index in [0.717, 1.165) is 0 Å². The highest BCUT2D eigenvalue weighted by molar-refractivity contribution is 5.90. The molecule has 11 heteroatoms. The van der Waals surface area contributed by atoms with Gasteiger partial charge in [0.25, 0.3) is 0 Å². The van der Waals surface area contributed by atoms with Crippen LogP contribution in [0.1, 0.15) is 78.5 Å². The first-order valence-corrected chi connectivity index (χ1v) is 15.7. The summed E-state index contributed by atoms with van der Waals surface area (Å²) in [6.07, 6.45) is 2.48. The third-order valence-corrected chi connectivity index (χ3v) is 10.2. The molecule has 2 bridgehead atoms. The zero-order valence-corrected chi connectivity index (χ0v) is 27.0. The molecule has 1 aromatic carbocycles. The predicted octanol–water partition coefficient (Wildman–Crippen LogP) is 5.00. The quantitative estimate of drug-likeness (QED) is 0.254. The predicted molar refractivity (Wildman–Crippen MR) is 166 cm³/mol. The lowest BCUT2D eigenvalue weighted by Gasteiger charge is -2.62. The van der Waals surface area contributed by atoms with Gasteiger partial charge >= 0.3 is 23.9 Å². The van der Waals surface area contributed by atoms with Gasteiger partial charge in [0, 0.05) is 37.6 Å². The minimum atomic E-state index is -1.37. The normalized spacial score (nSPS) is 31.9. The lowest BCUT2D eigenvalue weighted by Crippen LogP contribution is -2.76. The number of pyridine rings is 2. The van der Waals surface area contributed by atoms with Gasteiger partial charge < -0.3 is 23.7 Å². The van der Waals surface area contributed by atoms with Crippen molar-refractivity contribution in [2.45, 2.75) is 83.1 Å². The minimum absolute atomic E-state index is 0.197. The smallest absolute Gasteiger partial charge is 0.340 e. The number of aromatic nitrogens is 2. The maximum atomic E-state index is 13.7. The Labute approximate surface area is 272 Å². The second kappa shape index (κ2) is 12.2. The first-order valence-electron chi connectivity index (χ1n) is 15.7. The number of nitrogens with zero attached hydrogens (tertiary/aromatic N) is 2. The molecule has 3 fully saturated rings. The maximum absolute atomic E-state index is 13.7. The molecule has 1 saturated heterocycles. The number of esters is 4. The van der Waals surface area contributed by atoms with Crippen LogP contribution >= 0.6 is 0 Å². The summed E-state index contributed by atoms with van der Waals surface area (Å²) < 4.78 is 31.9. The van der Waals surface area contributed by atoms with E-state index >= 15 is 0 Å². The van der Waals surface area contributed by atoms with E-state index < -0.39 is 76.7 Å². The van der Waals surface area contributed by atoms with Crippen LogP contribution in [0.25, 0.3) is 0 Å². The molecule has 2 aliphatic carbocycles. The maximum Gasteiger partial charge on any atom is 0.340 e. The molecule has 3 aromatic rings. The zero-order chi connectivity index (χ0) is 33.6. The summed E-state index contributed by atoms with van der Waals surface area (Å²) in [5.74, 6) is -3.29. The van der Waals surface area contributed by atoms with E-state index in [1.807, 2.05) is 27.7 Å². The summed E-state index contributed by atoms with van der Waals surface area (Å²) in [6.45, 7) is 8.84. The Balaban J connectivity index is 1.48. The molecule has 2 aromatic heterocycles. The number of ether oxygens (including phenoxy) is 5. The van der Waals surface area contributed by atoms with Crippen LogP contribution in [0, 0.1) is 17.3 Å². The van der Waals surface area contributed by atoms with E-state index in [-0.39, 0.29) is 24.0 Å². The molecule has 0 amide bonds. The van der Waals surface area contributed by atoms with E-state index in [2.05, 4.69) is 9.97 Å². The molecule has 47 heavy (non-hydrogen) atoms. The Morgan fingerprint density at radius 2 is 1.30 bits per heavy atom. The molecular formula is C36H38N2O9. The van der Waals surface area contributed by atoms with Gasteiger partial charge in [0.1, 0.15) is 23.9 Å². The Morgan fingerprint density at radius 1 is 0.723 bits per heavy atom. The van der Waals surface area contributed by atoms with E-state index in [4.69, 9.17) is 23.7 Å². The van der Waals surface area contributed by atoms with Crippen LogP contribution in [-0.2, 0) is 28.5 Å². The van der Waals surface area contributed by atoms with Gasteiger partial charge in [-0.3, -0.25) is 14.8 Å². The molecule has 0 N–H and O–H groups in total. The van der Waals surface area contributed by atoms with Gasteiger partial charge in [0.15, 0.2) is 6.10 Å². The molecule has 3 aliphatic rings. The number of benzene rings is 1. The molecule has 1 spiro atoms. The Morgan fingerprint density at radius 3 is 1.87 bits per heavy atom. The van der Waals surface area contributed by atoms with Crippen LogP contribution in [0.3, 0.4) is 0 Å². The molecule has 8 atom stereocenters. The fourth-order valence-corrected chi connectivity index (χ4v) is 8.09. The van der Waals surface area contributed by atoms with Crippen molar-refractivity contribution in [3.05, 3.63) is 96.1 Å². The highest BCUT2D eigenvalue weighted by Crippen LogP contribution is 2.68. The molecule has 0 radical (unpaired) electrons. The average molecular weight is 643 g/mol. The summed E-state index contributed by atoms with van der Waals surface area (Å²) in [7, 11) is 0. The lowest BCUT2D eigenvalue weighted by atomic mass is 9.48. The average Bonchev–Trinajstić information content (AvgIpc) is 3.24.